The highest BCUT2D eigenvalue weighted by Gasteiger charge is 2.17. The zero-order chi connectivity index (χ0) is 18.5. The van der Waals surface area contributed by atoms with Gasteiger partial charge in [0.15, 0.2) is 17.2 Å². The van der Waals surface area contributed by atoms with Crippen molar-refractivity contribution < 1.29 is 19.0 Å². The lowest BCUT2D eigenvalue weighted by molar-refractivity contribution is 0.0522. The van der Waals surface area contributed by atoms with Crippen molar-refractivity contribution in [2.75, 3.05) is 26.1 Å². The number of carbonyl (C=O) groups excluding carboxylic acids is 1. The number of esters is 1. The largest absolute Gasteiger partial charge is 0.493 e. The Morgan fingerprint density at radius 3 is 2.69 bits per heavy atom. The molecule has 1 aromatic carbocycles. The maximum absolute atomic E-state index is 12.2. The van der Waals surface area contributed by atoms with E-state index in [0.717, 1.165) is 10.3 Å². The van der Waals surface area contributed by atoms with E-state index >= 15 is 0 Å². The molecule has 3 aromatic rings. The van der Waals surface area contributed by atoms with E-state index in [-0.39, 0.29) is 5.69 Å². The summed E-state index contributed by atoms with van der Waals surface area (Å²) in [6.07, 6.45) is 0. The van der Waals surface area contributed by atoms with E-state index in [0.29, 0.717) is 36.1 Å². The van der Waals surface area contributed by atoms with Gasteiger partial charge in [-0.15, -0.1) is 11.3 Å². The number of nitrogens with one attached hydrogen (secondary N) is 1. The third kappa shape index (κ3) is 3.70. The van der Waals surface area contributed by atoms with Gasteiger partial charge in [-0.25, -0.2) is 14.8 Å². The number of anilines is 1. The molecule has 0 atom stereocenters. The van der Waals surface area contributed by atoms with E-state index in [9.17, 15) is 4.79 Å². The Morgan fingerprint density at radius 1 is 1.15 bits per heavy atom. The molecule has 0 spiro atoms. The fraction of sp³-hybridized carbons (Fsp3) is 0.278. The Bertz CT molecular complexity index is 926. The van der Waals surface area contributed by atoms with Crippen molar-refractivity contribution in [2.24, 2.45) is 0 Å². The number of rotatable bonds is 7. The van der Waals surface area contributed by atoms with Gasteiger partial charge in [-0.1, -0.05) is 6.07 Å². The number of hydrogen-bond donors (Lipinski definition) is 1. The van der Waals surface area contributed by atoms with Crippen molar-refractivity contribution >= 4 is 33.5 Å². The van der Waals surface area contributed by atoms with Gasteiger partial charge in [0.2, 0.25) is 5.95 Å². The summed E-state index contributed by atoms with van der Waals surface area (Å²) in [7, 11) is 3.19. The Balaban J connectivity index is 1.84. The van der Waals surface area contributed by atoms with Crippen LogP contribution in [0.1, 0.15) is 23.0 Å². The molecule has 26 heavy (non-hydrogen) atoms. The first-order chi connectivity index (χ1) is 12.7. The molecule has 0 radical (unpaired) electrons. The van der Waals surface area contributed by atoms with Gasteiger partial charge in [0, 0.05) is 6.54 Å². The van der Waals surface area contributed by atoms with Gasteiger partial charge < -0.3 is 19.5 Å². The monoisotopic (exact) mass is 373 g/mol. The number of thiophene rings is 1. The maximum atomic E-state index is 12.2. The number of methoxy groups -OCH3 is 2. The molecule has 0 fully saturated rings. The van der Waals surface area contributed by atoms with Crippen LogP contribution in [0.3, 0.4) is 0 Å². The molecule has 0 amide bonds. The summed E-state index contributed by atoms with van der Waals surface area (Å²) in [4.78, 5) is 21.0. The number of nitrogens with zero attached hydrogens (tertiary/aromatic N) is 2. The van der Waals surface area contributed by atoms with Gasteiger partial charge in [0.25, 0.3) is 0 Å². The van der Waals surface area contributed by atoms with Crippen molar-refractivity contribution in [1.82, 2.24) is 9.97 Å². The molecule has 0 aliphatic carbocycles. The van der Waals surface area contributed by atoms with Crippen LogP contribution >= 0.6 is 11.3 Å². The van der Waals surface area contributed by atoms with Crippen LogP contribution in [-0.4, -0.2) is 36.8 Å². The van der Waals surface area contributed by atoms with Crippen molar-refractivity contribution in [3.05, 3.63) is 40.9 Å². The van der Waals surface area contributed by atoms with Crippen molar-refractivity contribution in [3.8, 4) is 11.5 Å². The quantitative estimate of drug-likeness (QED) is 0.635. The van der Waals surface area contributed by atoms with Crippen LogP contribution in [0, 0.1) is 0 Å². The van der Waals surface area contributed by atoms with E-state index in [1.807, 2.05) is 29.6 Å². The van der Waals surface area contributed by atoms with Crippen LogP contribution in [0.25, 0.3) is 10.2 Å². The normalized spacial score (nSPS) is 10.6. The predicted octanol–water partition coefficient (Wildman–Crippen LogP) is 3.50. The highest BCUT2D eigenvalue weighted by Crippen LogP contribution is 2.28. The molecule has 3 rings (SSSR count). The number of hydrogen-bond acceptors (Lipinski definition) is 8. The van der Waals surface area contributed by atoms with E-state index in [1.54, 1.807) is 21.1 Å². The zero-order valence-electron chi connectivity index (χ0n) is 14.7. The minimum atomic E-state index is -0.448. The molecule has 8 heteroatoms. The van der Waals surface area contributed by atoms with Crippen LogP contribution in [-0.2, 0) is 11.3 Å². The first-order valence-electron chi connectivity index (χ1n) is 8.03. The molecular weight excluding hydrogens is 354 g/mol. The SMILES string of the molecule is CCOC(=O)c1nc(NCc2ccc(OC)c(OC)c2)nc2ccsc12. The van der Waals surface area contributed by atoms with Crippen LogP contribution < -0.4 is 14.8 Å². The van der Waals surface area contributed by atoms with Gasteiger partial charge in [0.1, 0.15) is 0 Å². The lowest BCUT2D eigenvalue weighted by Gasteiger charge is -2.11. The topological polar surface area (TPSA) is 82.6 Å². The highest BCUT2D eigenvalue weighted by molar-refractivity contribution is 7.17. The minimum Gasteiger partial charge on any atom is -0.493 e. The fourth-order valence-corrected chi connectivity index (χ4v) is 3.26. The van der Waals surface area contributed by atoms with Gasteiger partial charge in [0.05, 0.1) is 31.0 Å². The molecule has 136 valence electrons. The van der Waals surface area contributed by atoms with E-state index in [4.69, 9.17) is 14.2 Å². The Morgan fingerprint density at radius 2 is 1.96 bits per heavy atom. The van der Waals surface area contributed by atoms with Crippen molar-refractivity contribution in [3.63, 3.8) is 0 Å². The molecule has 2 aromatic heterocycles. The first kappa shape index (κ1) is 17.9. The molecular formula is C18H19N3O4S. The molecule has 0 bridgehead atoms. The smallest absolute Gasteiger partial charge is 0.358 e. The summed E-state index contributed by atoms with van der Waals surface area (Å²) in [5.41, 5.74) is 1.96. The van der Waals surface area contributed by atoms with Crippen molar-refractivity contribution in [2.45, 2.75) is 13.5 Å². The van der Waals surface area contributed by atoms with E-state index < -0.39 is 5.97 Å². The molecule has 0 saturated carbocycles. The standard InChI is InChI=1S/C18H19N3O4S/c1-4-25-17(22)15-16-12(7-8-26-16)20-18(21-15)19-10-11-5-6-13(23-2)14(9-11)24-3/h5-9H,4,10H2,1-3H3,(H,19,20,21). The molecule has 0 unspecified atom stereocenters. The lowest BCUT2D eigenvalue weighted by atomic mass is 10.2. The molecule has 0 saturated heterocycles. The summed E-state index contributed by atoms with van der Waals surface area (Å²) < 4.78 is 16.4. The van der Waals surface area contributed by atoms with E-state index in [2.05, 4.69) is 15.3 Å². The third-order valence-electron chi connectivity index (χ3n) is 3.67. The van der Waals surface area contributed by atoms with Crippen LogP contribution in [0.2, 0.25) is 0 Å². The van der Waals surface area contributed by atoms with Gasteiger partial charge in [-0.3, -0.25) is 0 Å². The average molecular weight is 373 g/mol. The summed E-state index contributed by atoms with van der Waals surface area (Å²) >= 11 is 1.42. The van der Waals surface area contributed by atoms with Crippen LogP contribution in [0.15, 0.2) is 29.6 Å². The van der Waals surface area contributed by atoms with Gasteiger partial charge in [-0.05, 0) is 36.1 Å². The molecule has 0 aliphatic rings. The predicted molar refractivity (Wildman–Crippen MR) is 100 cm³/mol. The maximum Gasteiger partial charge on any atom is 0.358 e. The lowest BCUT2D eigenvalue weighted by Crippen LogP contribution is -2.11. The zero-order valence-corrected chi connectivity index (χ0v) is 15.6. The second-order valence-corrected chi connectivity index (χ2v) is 6.21. The summed E-state index contributed by atoms with van der Waals surface area (Å²) in [5, 5.41) is 5.02. The minimum absolute atomic E-state index is 0.279. The molecule has 7 nitrogen and oxygen atoms in total. The van der Waals surface area contributed by atoms with Crippen LogP contribution in [0.5, 0.6) is 11.5 Å². The Labute approximate surface area is 154 Å². The fourth-order valence-electron chi connectivity index (χ4n) is 2.45. The summed E-state index contributed by atoms with van der Waals surface area (Å²) in [6.45, 7) is 2.53. The van der Waals surface area contributed by atoms with E-state index in [1.165, 1.54) is 11.3 Å². The average Bonchev–Trinajstić information content (AvgIpc) is 3.14. The second kappa shape index (κ2) is 8.01. The number of aromatic nitrogens is 2. The number of carbonyl (C=O) groups is 1. The van der Waals surface area contributed by atoms with Crippen molar-refractivity contribution in [1.29, 1.82) is 0 Å². The number of fused-ring (bicyclic) bond motifs is 1. The molecule has 2 heterocycles. The van der Waals surface area contributed by atoms with Crippen LogP contribution in [0.4, 0.5) is 5.95 Å². The number of benzene rings is 1. The molecule has 1 N–H and O–H groups in total. The molecule has 0 aliphatic heterocycles. The number of ether oxygens (including phenoxy) is 3. The van der Waals surface area contributed by atoms with Gasteiger partial charge >= 0.3 is 5.97 Å². The first-order valence-corrected chi connectivity index (χ1v) is 8.91. The summed E-state index contributed by atoms with van der Waals surface area (Å²) in [5.74, 6) is 1.23. The second-order valence-electron chi connectivity index (χ2n) is 5.29. The highest BCUT2D eigenvalue weighted by atomic mass is 32.1. The summed E-state index contributed by atoms with van der Waals surface area (Å²) in [6, 6.07) is 7.49. The third-order valence-corrected chi connectivity index (χ3v) is 4.58. The Kier molecular flexibility index (Phi) is 5.52. The van der Waals surface area contributed by atoms with Gasteiger partial charge in [-0.2, -0.15) is 0 Å². The Hall–Kier alpha value is -2.87.